The highest BCUT2D eigenvalue weighted by molar-refractivity contribution is 7.99. The third-order valence-electron chi connectivity index (χ3n) is 5.03. The zero-order valence-electron chi connectivity index (χ0n) is 17.4. The molecular formula is C21H22N2O6S3. The first-order valence-electron chi connectivity index (χ1n) is 10.1. The Kier molecular flexibility index (Phi) is 6.99. The van der Waals surface area contributed by atoms with Crippen LogP contribution < -0.4 is 0 Å². The summed E-state index contributed by atoms with van der Waals surface area (Å²) in [6.45, 7) is 3.90. The first-order chi connectivity index (χ1) is 15.4. The van der Waals surface area contributed by atoms with Gasteiger partial charge < -0.3 is 14.1 Å². The molecule has 3 heterocycles. The molecule has 170 valence electrons. The van der Waals surface area contributed by atoms with E-state index < -0.39 is 9.84 Å². The molecule has 1 fully saturated rings. The fourth-order valence-corrected chi connectivity index (χ4v) is 5.85. The van der Waals surface area contributed by atoms with Crippen LogP contribution in [-0.2, 0) is 25.8 Å². The summed E-state index contributed by atoms with van der Waals surface area (Å²) in [6.07, 6.45) is 0.277. The molecule has 8 nitrogen and oxygen atoms in total. The van der Waals surface area contributed by atoms with Gasteiger partial charge in [-0.1, -0.05) is 18.7 Å². The van der Waals surface area contributed by atoms with Crippen LogP contribution in [0.1, 0.15) is 21.5 Å². The number of sulfone groups is 1. The van der Waals surface area contributed by atoms with Crippen molar-refractivity contribution < 1.29 is 27.2 Å². The van der Waals surface area contributed by atoms with E-state index in [1.165, 1.54) is 23.5 Å². The zero-order chi connectivity index (χ0) is 22.7. The molecule has 2 aromatic heterocycles. The van der Waals surface area contributed by atoms with Gasteiger partial charge in [0.2, 0.25) is 5.91 Å². The normalized spacial score (nSPS) is 14.7. The van der Waals surface area contributed by atoms with E-state index in [0.29, 0.717) is 47.5 Å². The summed E-state index contributed by atoms with van der Waals surface area (Å²) in [6, 6.07) is 8.12. The lowest BCUT2D eigenvalue weighted by Crippen LogP contribution is -2.41. The first-order valence-corrected chi connectivity index (χ1v) is 13.5. The highest BCUT2D eigenvalue weighted by Crippen LogP contribution is 2.27. The second kappa shape index (κ2) is 9.74. The minimum Gasteiger partial charge on any atom is -0.431 e. The molecule has 1 aliphatic rings. The van der Waals surface area contributed by atoms with Gasteiger partial charge >= 0.3 is 0 Å². The highest BCUT2D eigenvalue weighted by atomic mass is 32.2. The number of ether oxygens (including phenoxy) is 1. The Balaban J connectivity index is 1.36. The number of oxazole rings is 1. The van der Waals surface area contributed by atoms with Crippen molar-refractivity contribution >= 4 is 55.7 Å². The number of fused-ring (bicyclic) bond motifs is 1. The van der Waals surface area contributed by atoms with Crippen molar-refractivity contribution in [3.05, 3.63) is 40.1 Å². The molecule has 32 heavy (non-hydrogen) atoms. The van der Waals surface area contributed by atoms with Crippen molar-refractivity contribution in [2.24, 2.45) is 0 Å². The van der Waals surface area contributed by atoms with E-state index in [-0.39, 0.29) is 34.5 Å². The molecule has 11 heteroatoms. The molecule has 0 N–H and O–H groups in total. The molecule has 0 atom stereocenters. The number of hydrogen-bond donors (Lipinski definition) is 0. The fraction of sp³-hybridized carbons (Fsp3) is 0.381. The number of aromatic nitrogens is 1. The van der Waals surface area contributed by atoms with Crippen LogP contribution in [0, 0.1) is 0 Å². The minimum absolute atomic E-state index is 0.00725. The van der Waals surface area contributed by atoms with Crippen LogP contribution in [0.4, 0.5) is 0 Å². The number of benzene rings is 1. The van der Waals surface area contributed by atoms with Crippen molar-refractivity contribution in [1.82, 2.24) is 9.88 Å². The van der Waals surface area contributed by atoms with Gasteiger partial charge in [0.25, 0.3) is 5.22 Å². The van der Waals surface area contributed by atoms with Gasteiger partial charge in [-0.25, -0.2) is 13.4 Å². The monoisotopic (exact) mass is 494 g/mol. The van der Waals surface area contributed by atoms with E-state index >= 15 is 0 Å². The lowest BCUT2D eigenvalue weighted by Gasteiger charge is -2.26. The lowest BCUT2D eigenvalue weighted by atomic mass is 10.3. The topological polar surface area (TPSA) is 107 Å². The van der Waals surface area contributed by atoms with E-state index in [2.05, 4.69) is 4.98 Å². The number of nitrogens with zero attached hydrogens (tertiary/aromatic N) is 2. The number of ketones is 1. The standard InChI is InChI=1S/C21H22N2O6S3/c1-2-32(26,27)15-4-5-18-16(12-15)22-21(29-18)30-13-17(24)19-6-3-14(31-19)11-20(25)23-7-9-28-10-8-23/h3-6,12H,2,7-11,13H2,1H3. The van der Waals surface area contributed by atoms with E-state index in [1.807, 2.05) is 6.07 Å². The zero-order valence-corrected chi connectivity index (χ0v) is 19.9. The number of carbonyl (C=O) groups is 2. The average Bonchev–Trinajstić information content (AvgIpc) is 3.44. The second-order valence-electron chi connectivity index (χ2n) is 7.16. The van der Waals surface area contributed by atoms with E-state index in [4.69, 9.17) is 9.15 Å². The first kappa shape index (κ1) is 23.0. The van der Waals surface area contributed by atoms with Gasteiger partial charge in [0.1, 0.15) is 5.52 Å². The van der Waals surface area contributed by atoms with E-state index in [1.54, 1.807) is 24.0 Å². The number of thioether (sulfide) groups is 1. The Morgan fingerprint density at radius 3 is 2.72 bits per heavy atom. The molecular weight excluding hydrogens is 472 g/mol. The molecule has 4 rings (SSSR count). The van der Waals surface area contributed by atoms with E-state index in [9.17, 15) is 18.0 Å². The SMILES string of the molecule is CCS(=O)(=O)c1ccc2oc(SCC(=O)c3ccc(CC(=O)N4CCOCC4)s3)nc2c1. The molecule has 0 saturated carbocycles. The summed E-state index contributed by atoms with van der Waals surface area (Å²) < 4.78 is 35.0. The summed E-state index contributed by atoms with van der Waals surface area (Å²) in [4.78, 5) is 32.7. The Morgan fingerprint density at radius 1 is 1.19 bits per heavy atom. The van der Waals surface area contributed by atoms with Gasteiger partial charge in [0, 0.05) is 18.0 Å². The Morgan fingerprint density at radius 2 is 1.97 bits per heavy atom. The van der Waals surface area contributed by atoms with Gasteiger partial charge in [-0.2, -0.15) is 0 Å². The maximum absolute atomic E-state index is 12.6. The summed E-state index contributed by atoms with van der Waals surface area (Å²) in [5, 5.41) is 0.304. The van der Waals surface area contributed by atoms with Gasteiger partial charge in [0.15, 0.2) is 21.2 Å². The maximum atomic E-state index is 12.6. The van der Waals surface area contributed by atoms with Gasteiger partial charge in [-0.3, -0.25) is 9.59 Å². The molecule has 1 amide bonds. The van der Waals surface area contributed by atoms with Crippen LogP contribution in [0.25, 0.3) is 11.1 Å². The molecule has 0 bridgehead atoms. The molecule has 0 aliphatic carbocycles. The molecule has 1 aliphatic heterocycles. The van der Waals surface area contributed by atoms with Crippen molar-refractivity contribution in [2.45, 2.75) is 23.5 Å². The second-order valence-corrected chi connectivity index (χ2v) is 11.5. The Labute approximate surface area is 193 Å². The van der Waals surface area contributed by atoms with Crippen LogP contribution >= 0.6 is 23.1 Å². The number of thiophene rings is 1. The Hall–Kier alpha value is -2.21. The highest BCUT2D eigenvalue weighted by Gasteiger charge is 2.19. The van der Waals surface area contributed by atoms with Gasteiger partial charge in [0.05, 0.1) is 40.9 Å². The predicted octanol–water partition coefficient (Wildman–Crippen LogP) is 3.06. The van der Waals surface area contributed by atoms with Gasteiger partial charge in [-0.15, -0.1) is 11.3 Å². The quantitative estimate of drug-likeness (QED) is 0.347. The smallest absolute Gasteiger partial charge is 0.257 e. The number of Topliss-reactive ketones (excluding diaryl/α,β-unsaturated/α-hetero) is 1. The molecule has 0 radical (unpaired) electrons. The molecule has 0 spiro atoms. The maximum Gasteiger partial charge on any atom is 0.257 e. The van der Waals surface area contributed by atoms with Crippen LogP contribution in [0.2, 0.25) is 0 Å². The van der Waals surface area contributed by atoms with Crippen molar-refractivity contribution in [1.29, 1.82) is 0 Å². The largest absolute Gasteiger partial charge is 0.431 e. The van der Waals surface area contributed by atoms with Crippen LogP contribution in [0.15, 0.2) is 44.9 Å². The predicted molar refractivity (Wildman–Crippen MR) is 122 cm³/mol. The van der Waals surface area contributed by atoms with Gasteiger partial charge in [-0.05, 0) is 30.3 Å². The number of amides is 1. The Bertz CT molecular complexity index is 1240. The lowest BCUT2D eigenvalue weighted by molar-refractivity contribution is -0.134. The van der Waals surface area contributed by atoms with Crippen LogP contribution in [-0.4, -0.2) is 67.8 Å². The number of morpholine rings is 1. The number of rotatable bonds is 8. The number of hydrogen-bond acceptors (Lipinski definition) is 9. The third kappa shape index (κ3) is 5.22. The van der Waals surface area contributed by atoms with Crippen LogP contribution in [0.3, 0.4) is 0 Å². The van der Waals surface area contributed by atoms with E-state index in [0.717, 1.165) is 16.6 Å². The molecule has 3 aromatic rings. The molecule has 1 saturated heterocycles. The minimum atomic E-state index is -3.33. The van der Waals surface area contributed by atoms with Crippen molar-refractivity contribution in [3.8, 4) is 0 Å². The summed E-state index contributed by atoms with van der Waals surface area (Å²) >= 11 is 2.48. The van der Waals surface area contributed by atoms with Crippen LogP contribution in [0.5, 0.6) is 0 Å². The number of carbonyl (C=O) groups excluding carboxylic acids is 2. The summed E-state index contributed by atoms with van der Waals surface area (Å²) in [7, 11) is -3.33. The third-order valence-corrected chi connectivity index (χ3v) is 8.72. The summed E-state index contributed by atoms with van der Waals surface area (Å²) in [5.74, 6) is 0.0958. The summed E-state index contributed by atoms with van der Waals surface area (Å²) in [5.41, 5.74) is 0.907. The van der Waals surface area contributed by atoms with Crippen molar-refractivity contribution in [3.63, 3.8) is 0 Å². The molecule has 1 aromatic carbocycles. The fourth-order valence-electron chi connectivity index (χ4n) is 3.20. The van der Waals surface area contributed by atoms with Crippen molar-refractivity contribution in [2.75, 3.05) is 37.8 Å². The average molecular weight is 495 g/mol. The molecule has 0 unspecified atom stereocenters.